The normalized spacial score (nSPS) is 13.0. The minimum absolute atomic E-state index is 0.0521. The number of rotatable bonds is 4. The number of anilines is 2. The zero-order valence-corrected chi connectivity index (χ0v) is 14.4. The zero-order valence-electron chi connectivity index (χ0n) is 12.8. The third-order valence-corrected chi connectivity index (χ3v) is 4.21. The van der Waals surface area contributed by atoms with Crippen molar-refractivity contribution in [1.29, 1.82) is 5.26 Å². The van der Waals surface area contributed by atoms with Gasteiger partial charge in [-0.2, -0.15) is 5.26 Å². The van der Waals surface area contributed by atoms with Crippen molar-refractivity contribution >= 4 is 46.5 Å². The molecule has 8 heteroatoms. The standard InChI is InChI=1S/C17H12Cl2N4O2/c18-12-5-9(8-20)6-13(19)15(12)17(25)22-11-3-4-21-14(7-11)23-16(24)10-1-2-10/h3-7,10H,1-2H2,(H2,21,22,23,24,25). The molecule has 25 heavy (non-hydrogen) atoms. The Labute approximate surface area is 153 Å². The molecular formula is C17H12Cl2N4O2. The molecule has 1 heterocycles. The van der Waals surface area contributed by atoms with Crippen molar-refractivity contribution < 1.29 is 9.59 Å². The number of nitrogens with one attached hydrogen (secondary N) is 2. The molecule has 1 saturated carbocycles. The highest BCUT2D eigenvalue weighted by Gasteiger charge is 2.29. The fourth-order valence-corrected chi connectivity index (χ4v) is 2.86. The number of hydrogen-bond donors (Lipinski definition) is 2. The Morgan fingerprint density at radius 3 is 2.44 bits per heavy atom. The van der Waals surface area contributed by atoms with E-state index in [0.29, 0.717) is 11.5 Å². The summed E-state index contributed by atoms with van der Waals surface area (Å²) in [6, 6.07) is 7.78. The second-order valence-electron chi connectivity index (χ2n) is 5.57. The van der Waals surface area contributed by atoms with Gasteiger partial charge in [-0.25, -0.2) is 4.98 Å². The van der Waals surface area contributed by atoms with Gasteiger partial charge in [-0.1, -0.05) is 23.2 Å². The summed E-state index contributed by atoms with van der Waals surface area (Å²) in [5.74, 6) is -0.192. The van der Waals surface area contributed by atoms with E-state index in [-0.39, 0.29) is 33.0 Å². The zero-order chi connectivity index (χ0) is 18.0. The molecule has 0 radical (unpaired) electrons. The van der Waals surface area contributed by atoms with Crippen molar-refractivity contribution in [3.63, 3.8) is 0 Å². The van der Waals surface area contributed by atoms with Gasteiger partial charge >= 0.3 is 0 Å². The molecule has 2 aromatic rings. The highest BCUT2D eigenvalue weighted by molar-refractivity contribution is 6.40. The average molecular weight is 375 g/mol. The molecule has 0 saturated heterocycles. The van der Waals surface area contributed by atoms with Crippen molar-refractivity contribution in [3.05, 3.63) is 51.6 Å². The summed E-state index contributed by atoms with van der Waals surface area (Å²) in [6.07, 6.45) is 3.25. The van der Waals surface area contributed by atoms with E-state index >= 15 is 0 Å². The monoisotopic (exact) mass is 374 g/mol. The van der Waals surface area contributed by atoms with Gasteiger partial charge in [-0.05, 0) is 31.0 Å². The van der Waals surface area contributed by atoms with E-state index in [9.17, 15) is 9.59 Å². The largest absolute Gasteiger partial charge is 0.322 e. The fraction of sp³-hybridized carbons (Fsp3) is 0.176. The van der Waals surface area contributed by atoms with Gasteiger partial charge in [0, 0.05) is 23.9 Å². The predicted molar refractivity (Wildman–Crippen MR) is 94.7 cm³/mol. The van der Waals surface area contributed by atoms with Crippen LogP contribution in [0.25, 0.3) is 0 Å². The number of benzene rings is 1. The molecule has 3 rings (SSSR count). The number of halogens is 2. The molecule has 0 unspecified atom stereocenters. The maximum atomic E-state index is 12.4. The SMILES string of the molecule is N#Cc1cc(Cl)c(C(=O)Nc2ccnc(NC(=O)C3CC3)c2)c(Cl)c1. The van der Waals surface area contributed by atoms with Crippen LogP contribution in [-0.2, 0) is 4.79 Å². The molecule has 1 aromatic carbocycles. The van der Waals surface area contributed by atoms with Crippen LogP contribution in [0.15, 0.2) is 30.5 Å². The van der Waals surface area contributed by atoms with E-state index < -0.39 is 5.91 Å². The fourth-order valence-electron chi connectivity index (χ4n) is 2.20. The molecule has 6 nitrogen and oxygen atoms in total. The summed E-state index contributed by atoms with van der Waals surface area (Å²) in [5, 5.41) is 14.4. The van der Waals surface area contributed by atoms with Gasteiger partial charge in [0.25, 0.3) is 5.91 Å². The van der Waals surface area contributed by atoms with Crippen LogP contribution in [0, 0.1) is 17.2 Å². The van der Waals surface area contributed by atoms with Crippen LogP contribution < -0.4 is 10.6 Å². The molecule has 2 N–H and O–H groups in total. The minimum Gasteiger partial charge on any atom is -0.322 e. The van der Waals surface area contributed by atoms with Crippen molar-refractivity contribution in [1.82, 2.24) is 4.98 Å². The molecule has 1 aliphatic carbocycles. The van der Waals surface area contributed by atoms with E-state index in [4.69, 9.17) is 28.5 Å². The topological polar surface area (TPSA) is 94.9 Å². The number of hydrogen-bond acceptors (Lipinski definition) is 4. The van der Waals surface area contributed by atoms with E-state index in [1.807, 2.05) is 6.07 Å². The minimum atomic E-state index is -0.523. The molecule has 2 amide bonds. The Kier molecular flexibility index (Phi) is 4.88. The predicted octanol–water partition coefficient (Wildman–Crippen LogP) is 3.86. The summed E-state index contributed by atoms with van der Waals surface area (Å²) in [5.41, 5.74) is 0.769. The van der Waals surface area contributed by atoms with Gasteiger partial charge in [0.15, 0.2) is 0 Å². The second-order valence-corrected chi connectivity index (χ2v) is 6.39. The summed E-state index contributed by atoms with van der Waals surface area (Å²) in [4.78, 5) is 28.3. The number of aromatic nitrogens is 1. The lowest BCUT2D eigenvalue weighted by molar-refractivity contribution is -0.117. The lowest BCUT2D eigenvalue weighted by Gasteiger charge is -2.10. The van der Waals surface area contributed by atoms with Crippen molar-refractivity contribution in [2.45, 2.75) is 12.8 Å². The van der Waals surface area contributed by atoms with Crippen LogP contribution in [0.3, 0.4) is 0 Å². The third kappa shape index (κ3) is 4.08. The Balaban J connectivity index is 1.77. The first kappa shape index (κ1) is 17.2. The molecule has 1 aromatic heterocycles. The number of nitrogens with zero attached hydrogens (tertiary/aromatic N) is 2. The van der Waals surface area contributed by atoms with Crippen LogP contribution in [0.5, 0.6) is 0 Å². The highest BCUT2D eigenvalue weighted by Crippen LogP contribution is 2.30. The molecular weight excluding hydrogens is 363 g/mol. The third-order valence-electron chi connectivity index (χ3n) is 3.62. The summed E-state index contributed by atoms with van der Waals surface area (Å²) in [6.45, 7) is 0. The van der Waals surface area contributed by atoms with Crippen molar-refractivity contribution in [2.24, 2.45) is 5.92 Å². The van der Waals surface area contributed by atoms with Crippen LogP contribution in [0.4, 0.5) is 11.5 Å². The van der Waals surface area contributed by atoms with Crippen molar-refractivity contribution in [3.8, 4) is 6.07 Å². The van der Waals surface area contributed by atoms with Gasteiger partial charge in [-0.15, -0.1) is 0 Å². The quantitative estimate of drug-likeness (QED) is 0.848. The first-order valence-electron chi connectivity index (χ1n) is 7.45. The number of nitriles is 1. The smallest absolute Gasteiger partial charge is 0.258 e. The number of pyridine rings is 1. The summed E-state index contributed by atoms with van der Waals surface area (Å²) < 4.78 is 0. The first-order valence-corrected chi connectivity index (χ1v) is 8.21. The van der Waals surface area contributed by atoms with Gasteiger partial charge in [0.05, 0.1) is 27.2 Å². The van der Waals surface area contributed by atoms with E-state index in [2.05, 4.69) is 15.6 Å². The maximum Gasteiger partial charge on any atom is 0.258 e. The molecule has 0 bridgehead atoms. The molecule has 0 aliphatic heterocycles. The molecule has 0 spiro atoms. The second kappa shape index (κ2) is 7.09. The first-order chi connectivity index (χ1) is 12.0. The number of carbonyl (C=O) groups is 2. The molecule has 0 atom stereocenters. The highest BCUT2D eigenvalue weighted by atomic mass is 35.5. The Morgan fingerprint density at radius 2 is 1.84 bits per heavy atom. The van der Waals surface area contributed by atoms with E-state index in [1.54, 1.807) is 12.1 Å². The number of amides is 2. The maximum absolute atomic E-state index is 12.4. The molecule has 1 aliphatic rings. The van der Waals surface area contributed by atoms with Gasteiger partial charge in [0.1, 0.15) is 5.82 Å². The lowest BCUT2D eigenvalue weighted by Crippen LogP contribution is -2.16. The van der Waals surface area contributed by atoms with Crippen LogP contribution in [0.2, 0.25) is 10.0 Å². The van der Waals surface area contributed by atoms with Gasteiger partial charge in [-0.3, -0.25) is 9.59 Å². The molecule has 126 valence electrons. The average Bonchev–Trinajstić information content (AvgIpc) is 3.39. The Bertz CT molecular complexity index is 881. The Hall–Kier alpha value is -2.62. The number of carbonyl (C=O) groups excluding carboxylic acids is 2. The van der Waals surface area contributed by atoms with Crippen LogP contribution in [-0.4, -0.2) is 16.8 Å². The van der Waals surface area contributed by atoms with Gasteiger partial charge in [0.2, 0.25) is 5.91 Å². The van der Waals surface area contributed by atoms with Crippen LogP contribution in [0.1, 0.15) is 28.8 Å². The van der Waals surface area contributed by atoms with E-state index in [0.717, 1.165) is 12.8 Å². The Morgan fingerprint density at radius 1 is 1.16 bits per heavy atom. The van der Waals surface area contributed by atoms with E-state index in [1.165, 1.54) is 18.3 Å². The van der Waals surface area contributed by atoms with Crippen LogP contribution >= 0.6 is 23.2 Å². The summed E-state index contributed by atoms with van der Waals surface area (Å²) >= 11 is 12.1. The summed E-state index contributed by atoms with van der Waals surface area (Å²) in [7, 11) is 0. The van der Waals surface area contributed by atoms with Gasteiger partial charge < -0.3 is 10.6 Å². The lowest BCUT2D eigenvalue weighted by atomic mass is 10.1. The van der Waals surface area contributed by atoms with Crippen molar-refractivity contribution in [2.75, 3.05) is 10.6 Å². The molecule has 1 fully saturated rings.